The molecule has 0 heterocycles. The normalized spacial score (nSPS) is 12.0. The van der Waals surface area contributed by atoms with Gasteiger partial charge in [-0.3, -0.25) is 0 Å². The standard InChI is InChI=1S/C10H24O3P/c1-11-5-6-13-8-10-14(3,4)9-7-12-2/h5-10H2,1-4H3/q+1. The Morgan fingerprint density at radius 2 is 1.36 bits per heavy atom. The molecule has 86 valence electrons. The minimum absolute atomic E-state index is 0.691. The summed E-state index contributed by atoms with van der Waals surface area (Å²) in [5, 5.41) is 0. The second kappa shape index (κ2) is 8.60. The van der Waals surface area contributed by atoms with E-state index >= 15 is 0 Å². The van der Waals surface area contributed by atoms with Crippen molar-refractivity contribution in [3.8, 4) is 0 Å². The fourth-order valence-electron chi connectivity index (χ4n) is 1.01. The van der Waals surface area contributed by atoms with Crippen LogP contribution in [0.15, 0.2) is 0 Å². The lowest BCUT2D eigenvalue weighted by molar-refractivity contribution is 0.0785. The molecule has 0 aromatic carbocycles. The van der Waals surface area contributed by atoms with Crippen LogP contribution in [0, 0.1) is 0 Å². The highest BCUT2D eigenvalue weighted by Crippen LogP contribution is 2.50. The van der Waals surface area contributed by atoms with E-state index in [9.17, 15) is 0 Å². The zero-order valence-electron chi connectivity index (χ0n) is 9.91. The minimum atomic E-state index is -0.799. The van der Waals surface area contributed by atoms with Crippen LogP contribution in [0.4, 0.5) is 0 Å². The van der Waals surface area contributed by atoms with Gasteiger partial charge in [0.15, 0.2) is 0 Å². The molecular formula is C10H24O3P+. The molecule has 0 fully saturated rings. The monoisotopic (exact) mass is 223 g/mol. The third-order valence-electron chi connectivity index (χ3n) is 2.17. The average molecular weight is 223 g/mol. The lowest BCUT2D eigenvalue weighted by Crippen LogP contribution is -2.12. The summed E-state index contributed by atoms with van der Waals surface area (Å²) >= 11 is 0. The van der Waals surface area contributed by atoms with Crippen molar-refractivity contribution >= 4 is 7.26 Å². The predicted molar refractivity (Wildman–Crippen MR) is 63.1 cm³/mol. The molecule has 0 N–H and O–H groups in total. The molecule has 3 nitrogen and oxygen atoms in total. The van der Waals surface area contributed by atoms with E-state index in [-0.39, 0.29) is 0 Å². The van der Waals surface area contributed by atoms with Gasteiger partial charge >= 0.3 is 0 Å². The fraction of sp³-hybridized carbons (Fsp3) is 1.00. The van der Waals surface area contributed by atoms with E-state index in [0.717, 1.165) is 13.2 Å². The molecule has 0 aliphatic heterocycles. The van der Waals surface area contributed by atoms with Crippen LogP contribution in [0.25, 0.3) is 0 Å². The zero-order valence-corrected chi connectivity index (χ0v) is 10.8. The maximum Gasteiger partial charge on any atom is 0.0823 e. The van der Waals surface area contributed by atoms with E-state index in [4.69, 9.17) is 14.2 Å². The summed E-state index contributed by atoms with van der Waals surface area (Å²) in [7, 11) is 2.65. The van der Waals surface area contributed by atoms with Crippen LogP contribution in [0.1, 0.15) is 0 Å². The molecule has 0 amide bonds. The van der Waals surface area contributed by atoms with Crippen molar-refractivity contribution in [2.24, 2.45) is 0 Å². The van der Waals surface area contributed by atoms with E-state index in [2.05, 4.69) is 13.3 Å². The van der Waals surface area contributed by atoms with Crippen molar-refractivity contribution < 1.29 is 14.2 Å². The molecule has 0 unspecified atom stereocenters. The van der Waals surface area contributed by atoms with Crippen molar-refractivity contribution in [2.75, 3.05) is 66.3 Å². The molecule has 0 saturated carbocycles. The van der Waals surface area contributed by atoms with E-state index in [0.29, 0.717) is 13.2 Å². The first-order valence-corrected chi connectivity index (χ1v) is 8.05. The molecule has 0 saturated heterocycles. The molecule has 14 heavy (non-hydrogen) atoms. The van der Waals surface area contributed by atoms with Crippen molar-refractivity contribution in [3.63, 3.8) is 0 Å². The number of hydrogen-bond acceptors (Lipinski definition) is 3. The molecule has 0 aromatic rings. The van der Waals surface area contributed by atoms with E-state index in [1.807, 2.05) is 0 Å². The quantitative estimate of drug-likeness (QED) is 0.438. The van der Waals surface area contributed by atoms with Crippen LogP contribution in [-0.2, 0) is 14.2 Å². The minimum Gasteiger partial charge on any atom is -0.382 e. The Balaban J connectivity index is 3.35. The second-order valence-corrected chi connectivity index (χ2v) is 8.75. The van der Waals surface area contributed by atoms with Crippen LogP contribution in [-0.4, -0.2) is 66.3 Å². The molecule has 0 rings (SSSR count). The molecular weight excluding hydrogens is 199 g/mol. The topological polar surface area (TPSA) is 27.7 Å². The van der Waals surface area contributed by atoms with Gasteiger partial charge in [0, 0.05) is 34.8 Å². The summed E-state index contributed by atoms with van der Waals surface area (Å²) in [6.07, 6.45) is 2.37. The third-order valence-corrected chi connectivity index (χ3v) is 4.96. The van der Waals surface area contributed by atoms with Crippen LogP contribution in [0.5, 0.6) is 0 Å². The van der Waals surface area contributed by atoms with Crippen LogP contribution >= 0.6 is 7.26 Å². The fourth-order valence-corrected chi connectivity index (χ4v) is 2.53. The number of rotatable bonds is 9. The Bertz CT molecular complexity index is 129. The van der Waals surface area contributed by atoms with Gasteiger partial charge in [-0.15, -0.1) is 0 Å². The van der Waals surface area contributed by atoms with Crippen LogP contribution < -0.4 is 0 Å². The van der Waals surface area contributed by atoms with Gasteiger partial charge in [0.1, 0.15) is 0 Å². The lowest BCUT2D eigenvalue weighted by Gasteiger charge is -2.17. The first-order chi connectivity index (χ1) is 6.62. The highest BCUT2D eigenvalue weighted by Gasteiger charge is 2.23. The Labute approximate surface area is 88.4 Å². The maximum absolute atomic E-state index is 5.45. The second-order valence-electron chi connectivity index (χ2n) is 3.98. The molecule has 0 aliphatic rings. The molecule has 0 bridgehead atoms. The molecule has 0 aromatic heterocycles. The van der Waals surface area contributed by atoms with E-state index in [1.165, 1.54) is 12.3 Å². The lowest BCUT2D eigenvalue weighted by atomic mass is 10.7. The smallest absolute Gasteiger partial charge is 0.0823 e. The predicted octanol–water partition coefficient (Wildman–Crippen LogP) is 1.57. The highest BCUT2D eigenvalue weighted by molar-refractivity contribution is 7.74. The Hall–Kier alpha value is 0.310. The van der Waals surface area contributed by atoms with Gasteiger partial charge in [0.05, 0.1) is 38.8 Å². The van der Waals surface area contributed by atoms with E-state index in [1.54, 1.807) is 14.2 Å². The van der Waals surface area contributed by atoms with Gasteiger partial charge in [-0.2, -0.15) is 0 Å². The van der Waals surface area contributed by atoms with Gasteiger partial charge in [0.25, 0.3) is 0 Å². The molecule has 4 heteroatoms. The Morgan fingerprint density at radius 1 is 0.786 bits per heavy atom. The van der Waals surface area contributed by atoms with E-state index < -0.39 is 7.26 Å². The molecule has 0 aliphatic carbocycles. The van der Waals surface area contributed by atoms with Crippen LogP contribution in [0.3, 0.4) is 0 Å². The SMILES string of the molecule is COCCOCC[P+](C)(C)CCOC. The Kier molecular flexibility index (Phi) is 8.80. The van der Waals surface area contributed by atoms with Crippen LogP contribution in [0.2, 0.25) is 0 Å². The summed E-state index contributed by atoms with van der Waals surface area (Å²) in [5.41, 5.74) is 0. The summed E-state index contributed by atoms with van der Waals surface area (Å²) in [5.74, 6) is 0. The zero-order chi connectivity index (χ0) is 10.9. The Morgan fingerprint density at radius 3 is 1.93 bits per heavy atom. The number of methoxy groups -OCH3 is 2. The van der Waals surface area contributed by atoms with Crippen molar-refractivity contribution in [1.82, 2.24) is 0 Å². The molecule has 0 spiro atoms. The summed E-state index contributed by atoms with van der Waals surface area (Å²) in [6, 6.07) is 0. The first kappa shape index (κ1) is 14.3. The summed E-state index contributed by atoms with van der Waals surface area (Å²) < 4.78 is 15.4. The van der Waals surface area contributed by atoms with Gasteiger partial charge < -0.3 is 14.2 Å². The number of hydrogen-bond donors (Lipinski definition) is 0. The van der Waals surface area contributed by atoms with Gasteiger partial charge in [-0.05, 0) is 0 Å². The molecule has 0 radical (unpaired) electrons. The summed E-state index contributed by atoms with van der Waals surface area (Å²) in [6.45, 7) is 7.84. The third kappa shape index (κ3) is 8.89. The maximum atomic E-state index is 5.45. The molecule has 0 atom stereocenters. The average Bonchev–Trinajstić information content (AvgIpc) is 2.15. The number of ether oxygens (including phenoxy) is 3. The van der Waals surface area contributed by atoms with Crippen molar-refractivity contribution in [2.45, 2.75) is 0 Å². The van der Waals surface area contributed by atoms with Crippen molar-refractivity contribution in [1.29, 1.82) is 0 Å². The highest BCUT2D eigenvalue weighted by atomic mass is 31.2. The van der Waals surface area contributed by atoms with Gasteiger partial charge in [-0.25, -0.2) is 0 Å². The first-order valence-electron chi connectivity index (χ1n) is 5.00. The van der Waals surface area contributed by atoms with Gasteiger partial charge in [-0.1, -0.05) is 0 Å². The largest absolute Gasteiger partial charge is 0.382 e. The van der Waals surface area contributed by atoms with Crippen molar-refractivity contribution in [3.05, 3.63) is 0 Å². The summed E-state index contributed by atoms with van der Waals surface area (Å²) in [4.78, 5) is 0. The van der Waals surface area contributed by atoms with Gasteiger partial charge in [0.2, 0.25) is 0 Å².